The van der Waals surface area contributed by atoms with Gasteiger partial charge >= 0.3 is 12.4 Å². The highest BCUT2D eigenvalue weighted by molar-refractivity contribution is 7.91. The van der Waals surface area contributed by atoms with E-state index in [0.717, 1.165) is 100 Å². The Labute approximate surface area is 566 Å². The smallest absolute Gasteiger partial charge is 0.452 e. The van der Waals surface area contributed by atoms with E-state index in [-0.39, 0.29) is 104 Å². The number of nitrogens with zero attached hydrogens (tertiary/aromatic N) is 6. The standard InChI is InChI=1S/C23H23F5N2O4S.C21H21F5N2O5S.C21H24F2N2O5S/c1-13(21(2,24)25)34-19-5-4-17(35(3,32)33)7-18(19)20(31)30-11-16-8-22(16,12-30)14-6-15(10-29-9-14)23(26,27)28;1-11(19(2,22)23)32-15-5-4-13(34(3,30)31)6-14(15)18(29)28-9-12-8-20(12,10-28)16-7-17(33-27-16)21(24,25)26;1-12-7-18(24-30-12)21-9-14(21)10-25(11-21)19(26)16-8-15(31(4,27)28)5-6-17(16)29-13(2)20(3,22)23/h4-7,9-10,13,16H,8,11-12H2,1-3H3;4-7,11-12H,8-10H2,1-3H3;5-8,13-14H,9-11H2,1-4H3/t13-,16?,22?;11-,12?,20?;13-,14?,21?/m010/s1. The summed E-state index contributed by atoms with van der Waals surface area (Å²) < 4.78 is 258. The van der Waals surface area contributed by atoms with Gasteiger partial charge in [-0.3, -0.25) is 19.4 Å². The molecule has 0 spiro atoms. The molecule has 0 N–H and O–H groups in total. The first-order valence-corrected chi connectivity index (χ1v) is 36.6. The van der Waals surface area contributed by atoms with Gasteiger partial charge in [0.25, 0.3) is 35.5 Å². The number of hydrogen-bond donors (Lipinski definition) is 0. The minimum absolute atomic E-state index is 0.0162. The Bertz CT molecular complexity index is 4550. The van der Waals surface area contributed by atoms with Crippen LogP contribution < -0.4 is 14.2 Å². The number of carbonyl (C=O) groups is 3. The van der Waals surface area contributed by atoms with Crippen molar-refractivity contribution >= 4 is 47.2 Å². The largest absolute Gasteiger partial charge is 0.484 e. The highest BCUT2D eigenvalue weighted by atomic mass is 32.2. The average Bonchev–Trinajstić information content (AvgIpc) is 1.55. The van der Waals surface area contributed by atoms with Gasteiger partial charge in [0, 0.05) is 120 Å². The third kappa shape index (κ3) is 15.4. The second-order valence-corrected chi connectivity index (χ2v) is 33.1. The summed E-state index contributed by atoms with van der Waals surface area (Å²) in [6.45, 7) is 8.62. The second-order valence-electron chi connectivity index (χ2n) is 27.0. The van der Waals surface area contributed by atoms with Crippen LogP contribution in [0.1, 0.15) is 126 Å². The van der Waals surface area contributed by atoms with Gasteiger partial charge < -0.3 is 38.0 Å². The molecule has 0 radical (unpaired) electrons. The van der Waals surface area contributed by atoms with Crippen molar-refractivity contribution in [2.24, 2.45) is 17.8 Å². The van der Waals surface area contributed by atoms with Gasteiger partial charge in [-0.15, -0.1) is 0 Å². The summed E-state index contributed by atoms with van der Waals surface area (Å²) >= 11 is 0. The predicted octanol–water partition coefficient (Wildman–Crippen LogP) is 11.5. The Morgan fingerprint density at radius 1 is 0.490 bits per heavy atom. The molecule has 100 heavy (non-hydrogen) atoms. The van der Waals surface area contributed by atoms with Crippen molar-refractivity contribution in [1.29, 1.82) is 0 Å². The number of aromatic nitrogens is 3. The highest BCUT2D eigenvalue weighted by Crippen LogP contribution is 2.62. The minimum Gasteiger partial charge on any atom is -0.484 e. The molecule has 6 fully saturated rings. The van der Waals surface area contributed by atoms with E-state index in [1.165, 1.54) is 47.2 Å². The maximum atomic E-state index is 13.7. The average molecular weight is 1480 g/mol. The van der Waals surface area contributed by atoms with Crippen molar-refractivity contribution in [2.75, 3.05) is 58.0 Å². The summed E-state index contributed by atoms with van der Waals surface area (Å²) in [5.41, 5.74) is -1.89. The number of hydrogen-bond acceptors (Lipinski definition) is 17. The van der Waals surface area contributed by atoms with Gasteiger partial charge in [-0.25, -0.2) is 51.6 Å². The third-order valence-corrected chi connectivity index (χ3v) is 22.6. The van der Waals surface area contributed by atoms with Crippen LogP contribution in [0, 0.1) is 24.7 Å². The Hall–Kier alpha value is -7.95. The summed E-state index contributed by atoms with van der Waals surface area (Å²) in [6, 6.07) is 14.2. The molecule has 6 aromatic rings. The quantitative estimate of drug-likeness (QED) is 0.0725. The van der Waals surface area contributed by atoms with Crippen LogP contribution in [0.2, 0.25) is 0 Å². The summed E-state index contributed by atoms with van der Waals surface area (Å²) in [4.78, 5) is 47.6. The molecule has 6 aliphatic rings. The molecular weight excluding hydrogens is 1410 g/mol. The number of rotatable bonds is 18. The van der Waals surface area contributed by atoms with E-state index < -0.39 is 118 Å². The number of amides is 3. The molecule has 6 heterocycles. The third-order valence-electron chi connectivity index (χ3n) is 19.3. The first-order valence-electron chi connectivity index (χ1n) is 30.9. The van der Waals surface area contributed by atoms with Crippen molar-refractivity contribution in [1.82, 2.24) is 30.0 Å². The SMILES string of the molecule is C[C@@H](Oc1ccc(S(C)(=O)=O)cc1C(=O)N1CC2CC2(c2cc(C(F)(F)F)on2)C1)C(C)(F)F.C[C@H](Oc1ccc(S(C)(=O)=O)cc1C(=O)N1CC2CC2(c2cncc(C(F)(F)F)c2)C1)C(C)(F)F.Cc1cc(C23CC2CN(C(=O)c2cc(S(C)(=O)=O)ccc2O[C@@H](C)C(C)(F)F)C3)no1. The van der Waals surface area contributed by atoms with Gasteiger partial charge in [0.05, 0.1) is 48.3 Å². The van der Waals surface area contributed by atoms with E-state index in [4.69, 9.17) is 18.7 Å². The van der Waals surface area contributed by atoms with E-state index in [0.29, 0.717) is 51.1 Å². The van der Waals surface area contributed by atoms with E-state index in [2.05, 4.69) is 19.8 Å². The molecule has 9 atom stereocenters. The Balaban J connectivity index is 0.000000162. The van der Waals surface area contributed by atoms with E-state index in [1.807, 2.05) is 6.07 Å². The lowest BCUT2D eigenvalue weighted by atomic mass is 9.95. The van der Waals surface area contributed by atoms with Gasteiger partial charge in [-0.05, 0) is 131 Å². The van der Waals surface area contributed by atoms with Gasteiger partial charge in [0.1, 0.15) is 23.0 Å². The topological polar surface area (TPSA) is 256 Å². The Morgan fingerprint density at radius 3 is 1.15 bits per heavy atom. The predicted molar refractivity (Wildman–Crippen MR) is 330 cm³/mol. The van der Waals surface area contributed by atoms with Crippen LogP contribution in [0.3, 0.4) is 0 Å². The lowest BCUT2D eigenvalue weighted by Crippen LogP contribution is -2.35. The number of fused-ring (bicyclic) bond motifs is 3. The number of benzene rings is 3. The fraction of sp³-hybridized carbons (Fsp3) is 0.508. The normalized spacial score (nSPS) is 23.5. The fourth-order valence-electron chi connectivity index (χ4n) is 12.7. The van der Waals surface area contributed by atoms with Crippen molar-refractivity contribution in [3.63, 3.8) is 0 Å². The molecule has 3 aromatic carbocycles. The Kier molecular flexibility index (Phi) is 19.1. The molecule has 3 aromatic heterocycles. The number of piperidine rings is 3. The molecule has 35 heteroatoms. The maximum Gasteiger partial charge on any atom is 0.452 e. The molecule has 3 amide bonds. The zero-order valence-corrected chi connectivity index (χ0v) is 57.5. The van der Waals surface area contributed by atoms with Crippen LogP contribution in [0.4, 0.5) is 52.7 Å². The number of likely N-dealkylation sites (tertiary alicyclic amines) is 3. The molecule has 12 rings (SSSR count). The monoisotopic (exact) mass is 1480 g/mol. The Morgan fingerprint density at radius 2 is 0.830 bits per heavy atom. The number of ether oxygens (including phenoxy) is 3. The number of alkyl halides is 12. The molecule has 3 aliphatic heterocycles. The van der Waals surface area contributed by atoms with Crippen molar-refractivity contribution < 1.29 is 116 Å². The molecule has 3 aliphatic carbocycles. The van der Waals surface area contributed by atoms with Gasteiger partial charge in [-0.1, -0.05) is 10.3 Å². The summed E-state index contributed by atoms with van der Waals surface area (Å²) in [7, 11) is -11.1. The molecule has 3 saturated heterocycles. The molecular formula is C65H68F12N6O14S3. The minimum atomic E-state index is -4.70. The molecule has 0 bridgehead atoms. The number of sulfone groups is 3. The molecule has 20 nitrogen and oxygen atoms in total. The van der Waals surface area contributed by atoms with Crippen LogP contribution in [-0.2, 0) is 58.1 Å². The number of halogens is 12. The summed E-state index contributed by atoms with van der Waals surface area (Å²) in [5, 5.41) is 7.66. The van der Waals surface area contributed by atoms with Crippen molar-refractivity contribution in [3.8, 4) is 17.2 Å². The van der Waals surface area contributed by atoms with Gasteiger partial charge in [0.2, 0.25) is 5.76 Å². The van der Waals surface area contributed by atoms with Crippen LogP contribution in [-0.4, -0.2) is 167 Å². The van der Waals surface area contributed by atoms with E-state index in [1.54, 1.807) is 11.8 Å². The number of carbonyl (C=O) groups excluding carboxylic acids is 3. The second kappa shape index (κ2) is 25.5. The number of aryl methyl sites for hydroxylation is 1. The van der Waals surface area contributed by atoms with Gasteiger partial charge in [-0.2, -0.15) is 26.3 Å². The number of pyridine rings is 1. The fourth-order valence-corrected chi connectivity index (χ4v) is 14.6. The van der Waals surface area contributed by atoms with Crippen molar-refractivity contribution in [3.05, 3.63) is 136 Å². The molecule has 544 valence electrons. The summed E-state index contributed by atoms with van der Waals surface area (Å²) in [6.07, 6.45) is -7.02. The van der Waals surface area contributed by atoms with Crippen LogP contribution in [0.25, 0.3) is 0 Å². The van der Waals surface area contributed by atoms with Gasteiger partial charge in [0.15, 0.2) is 47.8 Å². The van der Waals surface area contributed by atoms with Crippen LogP contribution in [0.5, 0.6) is 17.2 Å². The van der Waals surface area contributed by atoms with Crippen LogP contribution >= 0.6 is 0 Å². The summed E-state index contributed by atoms with van der Waals surface area (Å²) in [5.74, 6) is -12.5. The molecule has 6 unspecified atom stereocenters. The zero-order valence-electron chi connectivity index (χ0n) is 55.1. The van der Waals surface area contributed by atoms with E-state index in [9.17, 15) is 92.3 Å². The highest BCUT2D eigenvalue weighted by Gasteiger charge is 2.66. The van der Waals surface area contributed by atoms with Crippen molar-refractivity contribution in [2.45, 2.75) is 147 Å². The first kappa shape index (κ1) is 74.7. The lowest BCUT2D eigenvalue weighted by molar-refractivity contribution is -0.155. The lowest BCUT2D eigenvalue weighted by Gasteiger charge is -2.25. The maximum absolute atomic E-state index is 13.7. The van der Waals surface area contributed by atoms with E-state index >= 15 is 0 Å². The zero-order chi connectivity index (χ0) is 74.0. The molecule has 3 saturated carbocycles. The van der Waals surface area contributed by atoms with Crippen LogP contribution in [0.15, 0.2) is 109 Å². The first-order chi connectivity index (χ1) is 45.9.